The van der Waals surface area contributed by atoms with E-state index in [1.54, 1.807) is 6.20 Å². The molecule has 3 heterocycles. The standard InChI is InChI=1S/C21H31N5O/c1-17(2)7-12-24(3)20-6-5-19(15-22-20)21(27)25-13-8-18(9-14-25)16-26-11-4-10-23-26/h4-6,10-11,15,17-18H,7-9,12-14,16H2,1-3H3. The lowest BCUT2D eigenvalue weighted by molar-refractivity contribution is 0.0681. The number of anilines is 1. The van der Waals surface area contributed by atoms with Crippen LogP contribution in [0, 0.1) is 11.8 Å². The van der Waals surface area contributed by atoms with Crippen LogP contribution < -0.4 is 4.90 Å². The Kier molecular flexibility index (Phi) is 6.48. The Morgan fingerprint density at radius 3 is 2.67 bits per heavy atom. The minimum Gasteiger partial charge on any atom is -0.360 e. The van der Waals surface area contributed by atoms with E-state index in [1.807, 2.05) is 40.2 Å². The zero-order valence-corrected chi connectivity index (χ0v) is 16.7. The van der Waals surface area contributed by atoms with Crippen LogP contribution in [0.1, 0.15) is 43.5 Å². The van der Waals surface area contributed by atoms with Gasteiger partial charge in [0.25, 0.3) is 5.91 Å². The van der Waals surface area contributed by atoms with Crippen LogP contribution in [-0.4, -0.2) is 52.3 Å². The van der Waals surface area contributed by atoms with Crippen LogP contribution in [-0.2, 0) is 6.54 Å². The van der Waals surface area contributed by atoms with Gasteiger partial charge in [-0.05, 0) is 49.3 Å². The molecule has 1 saturated heterocycles. The second-order valence-electron chi connectivity index (χ2n) is 7.97. The number of carbonyl (C=O) groups is 1. The predicted molar refractivity (Wildman–Crippen MR) is 108 cm³/mol. The summed E-state index contributed by atoms with van der Waals surface area (Å²) in [5.74, 6) is 2.27. The Balaban J connectivity index is 1.51. The lowest BCUT2D eigenvalue weighted by atomic mass is 9.96. The minimum atomic E-state index is 0.0939. The summed E-state index contributed by atoms with van der Waals surface area (Å²) in [6, 6.07) is 5.82. The maximum Gasteiger partial charge on any atom is 0.255 e. The second-order valence-corrected chi connectivity index (χ2v) is 7.97. The van der Waals surface area contributed by atoms with Gasteiger partial charge in [-0.1, -0.05) is 13.8 Å². The zero-order valence-electron chi connectivity index (χ0n) is 16.7. The first-order chi connectivity index (χ1) is 13.0. The van der Waals surface area contributed by atoms with Crippen molar-refractivity contribution in [2.45, 2.75) is 39.7 Å². The van der Waals surface area contributed by atoms with E-state index in [0.717, 1.165) is 51.3 Å². The topological polar surface area (TPSA) is 54.3 Å². The normalized spacial score (nSPS) is 15.3. The van der Waals surface area contributed by atoms with Crippen molar-refractivity contribution in [2.24, 2.45) is 11.8 Å². The molecule has 0 radical (unpaired) electrons. The van der Waals surface area contributed by atoms with Gasteiger partial charge in [-0.3, -0.25) is 9.48 Å². The number of rotatable bonds is 7. The van der Waals surface area contributed by atoms with E-state index < -0.39 is 0 Å². The Bertz CT molecular complexity index is 703. The average Bonchev–Trinajstić information content (AvgIpc) is 3.19. The summed E-state index contributed by atoms with van der Waals surface area (Å²) in [5, 5.41) is 4.28. The van der Waals surface area contributed by atoms with E-state index in [9.17, 15) is 4.79 Å². The highest BCUT2D eigenvalue weighted by molar-refractivity contribution is 5.94. The van der Waals surface area contributed by atoms with Crippen LogP contribution >= 0.6 is 0 Å². The quantitative estimate of drug-likeness (QED) is 0.751. The molecule has 0 unspecified atom stereocenters. The number of hydrogen-bond donors (Lipinski definition) is 0. The summed E-state index contributed by atoms with van der Waals surface area (Å²) in [7, 11) is 2.05. The highest BCUT2D eigenvalue weighted by atomic mass is 16.2. The summed E-state index contributed by atoms with van der Waals surface area (Å²) < 4.78 is 1.99. The molecule has 0 bridgehead atoms. The summed E-state index contributed by atoms with van der Waals surface area (Å²) in [6.45, 7) is 7.97. The lowest BCUT2D eigenvalue weighted by Gasteiger charge is -2.32. The van der Waals surface area contributed by atoms with Crippen molar-refractivity contribution in [2.75, 3.05) is 31.6 Å². The monoisotopic (exact) mass is 369 g/mol. The molecule has 2 aromatic heterocycles. The first-order valence-electron chi connectivity index (χ1n) is 9.97. The number of hydrogen-bond acceptors (Lipinski definition) is 4. The fourth-order valence-electron chi connectivity index (χ4n) is 3.48. The zero-order chi connectivity index (χ0) is 19.2. The van der Waals surface area contributed by atoms with E-state index in [2.05, 4.69) is 35.9 Å². The van der Waals surface area contributed by atoms with Gasteiger partial charge in [0.15, 0.2) is 0 Å². The third kappa shape index (κ3) is 5.31. The second kappa shape index (κ2) is 9.02. The van der Waals surface area contributed by atoms with Crippen LogP contribution in [0.3, 0.4) is 0 Å². The number of aromatic nitrogens is 3. The third-order valence-corrected chi connectivity index (χ3v) is 5.33. The fraction of sp³-hybridized carbons (Fsp3) is 0.571. The summed E-state index contributed by atoms with van der Waals surface area (Å²) >= 11 is 0. The summed E-state index contributed by atoms with van der Waals surface area (Å²) in [5.41, 5.74) is 0.682. The Labute approximate surface area is 162 Å². The van der Waals surface area contributed by atoms with E-state index in [1.165, 1.54) is 0 Å². The van der Waals surface area contributed by atoms with E-state index in [0.29, 0.717) is 17.4 Å². The summed E-state index contributed by atoms with van der Waals surface area (Å²) in [4.78, 5) is 21.4. The molecular weight excluding hydrogens is 338 g/mol. The van der Waals surface area contributed by atoms with E-state index >= 15 is 0 Å². The molecular formula is C21H31N5O. The van der Waals surface area contributed by atoms with Crippen LogP contribution in [0.4, 0.5) is 5.82 Å². The SMILES string of the molecule is CC(C)CCN(C)c1ccc(C(=O)N2CCC(Cn3cccn3)CC2)cn1. The number of carbonyl (C=O) groups excluding carboxylic acids is 1. The molecule has 0 aromatic carbocycles. The number of pyridine rings is 1. The van der Waals surface area contributed by atoms with Gasteiger partial charge in [0, 0.05) is 51.8 Å². The molecule has 6 nitrogen and oxygen atoms in total. The van der Waals surface area contributed by atoms with Gasteiger partial charge in [0.05, 0.1) is 5.56 Å². The smallest absolute Gasteiger partial charge is 0.255 e. The summed E-state index contributed by atoms with van der Waals surface area (Å²) in [6.07, 6.45) is 8.72. The van der Waals surface area contributed by atoms with E-state index in [4.69, 9.17) is 0 Å². The van der Waals surface area contributed by atoms with Gasteiger partial charge in [0.1, 0.15) is 5.82 Å². The highest BCUT2D eigenvalue weighted by Gasteiger charge is 2.24. The van der Waals surface area contributed by atoms with Crippen molar-refractivity contribution in [3.8, 4) is 0 Å². The van der Waals surface area contributed by atoms with Crippen molar-refractivity contribution in [3.05, 3.63) is 42.4 Å². The van der Waals surface area contributed by atoms with Crippen LogP contribution in [0.25, 0.3) is 0 Å². The molecule has 1 aliphatic heterocycles. The van der Waals surface area contributed by atoms with Gasteiger partial charge < -0.3 is 9.80 Å². The average molecular weight is 370 g/mol. The predicted octanol–water partition coefficient (Wildman–Crippen LogP) is 3.31. The number of amides is 1. The minimum absolute atomic E-state index is 0.0939. The molecule has 1 amide bonds. The Morgan fingerprint density at radius 2 is 2.07 bits per heavy atom. The maximum atomic E-state index is 12.8. The van der Waals surface area contributed by atoms with E-state index in [-0.39, 0.29) is 5.91 Å². The van der Waals surface area contributed by atoms with Gasteiger partial charge in [-0.25, -0.2) is 4.98 Å². The molecule has 0 spiro atoms. The molecule has 0 atom stereocenters. The van der Waals surface area contributed by atoms with Gasteiger partial charge in [-0.15, -0.1) is 0 Å². The van der Waals surface area contributed by atoms with Crippen LogP contribution in [0.15, 0.2) is 36.8 Å². The third-order valence-electron chi connectivity index (χ3n) is 5.33. The molecule has 3 rings (SSSR count). The number of likely N-dealkylation sites (tertiary alicyclic amines) is 1. The van der Waals surface area contributed by atoms with Crippen molar-refractivity contribution in [3.63, 3.8) is 0 Å². The fourth-order valence-corrected chi connectivity index (χ4v) is 3.48. The Hall–Kier alpha value is -2.37. The number of nitrogens with zero attached hydrogens (tertiary/aromatic N) is 5. The molecule has 2 aromatic rings. The maximum absolute atomic E-state index is 12.8. The van der Waals surface area contributed by atoms with Gasteiger partial charge in [0.2, 0.25) is 0 Å². The first-order valence-corrected chi connectivity index (χ1v) is 9.97. The van der Waals surface area contributed by atoms with Crippen molar-refractivity contribution in [1.82, 2.24) is 19.7 Å². The van der Waals surface area contributed by atoms with Crippen molar-refractivity contribution >= 4 is 11.7 Å². The van der Waals surface area contributed by atoms with Crippen LogP contribution in [0.5, 0.6) is 0 Å². The van der Waals surface area contributed by atoms with Crippen LogP contribution in [0.2, 0.25) is 0 Å². The molecule has 27 heavy (non-hydrogen) atoms. The lowest BCUT2D eigenvalue weighted by Crippen LogP contribution is -2.39. The largest absolute Gasteiger partial charge is 0.360 e. The molecule has 1 aliphatic rings. The molecule has 6 heteroatoms. The first kappa shape index (κ1) is 19.4. The molecule has 0 saturated carbocycles. The molecule has 0 N–H and O–H groups in total. The van der Waals surface area contributed by atoms with Gasteiger partial charge in [-0.2, -0.15) is 5.10 Å². The molecule has 1 fully saturated rings. The highest BCUT2D eigenvalue weighted by Crippen LogP contribution is 2.21. The molecule has 0 aliphatic carbocycles. The van der Waals surface area contributed by atoms with Crippen molar-refractivity contribution in [1.29, 1.82) is 0 Å². The van der Waals surface area contributed by atoms with Gasteiger partial charge >= 0.3 is 0 Å². The number of piperidine rings is 1. The molecule has 146 valence electrons. The Morgan fingerprint density at radius 1 is 1.30 bits per heavy atom. The van der Waals surface area contributed by atoms with Crippen molar-refractivity contribution < 1.29 is 4.79 Å².